The zero-order chi connectivity index (χ0) is 14.5. The van der Waals surface area contributed by atoms with Gasteiger partial charge in [0.15, 0.2) is 0 Å². The first kappa shape index (κ1) is 16.3. The number of alkyl halides is 3. The average Bonchev–Trinajstić information content (AvgIpc) is 2.33. The van der Waals surface area contributed by atoms with Gasteiger partial charge in [-0.05, 0) is 32.1 Å². The van der Waals surface area contributed by atoms with Crippen molar-refractivity contribution < 1.29 is 18.0 Å². The predicted octanol–water partition coefficient (Wildman–Crippen LogP) is 2.69. The van der Waals surface area contributed by atoms with Crippen molar-refractivity contribution in [3.8, 4) is 0 Å². The monoisotopic (exact) mass is 280 g/mol. The lowest BCUT2D eigenvalue weighted by atomic mass is 9.85. The van der Waals surface area contributed by atoms with Gasteiger partial charge in [0.25, 0.3) is 0 Å². The molecule has 0 bridgehead atoms. The van der Waals surface area contributed by atoms with Crippen LogP contribution in [0.2, 0.25) is 0 Å². The van der Waals surface area contributed by atoms with Gasteiger partial charge in [-0.1, -0.05) is 13.3 Å². The van der Waals surface area contributed by atoms with Crippen LogP contribution in [0.5, 0.6) is 0 Å². The summed E-state index contributed by atoms with van der Waals surface area (Å²) in [5.41, 5.74) is 5.75. The molecule has 0 aromatic carbocycles. The second-order valence-corrected chi connectivity index (χ2v) is 5.34. The van der Waals surface area contributed by atoms with Crippen molar-refractivity contribution in [2.24, 2.45) is 11.7 Å². The summed E-state index contributed by atoms with van der Waals surface area (Å²) in [5, 5.41) is 0. The van der Waals surface area contributed by atoms with Gasteiger partial charge < -0.3 is 10.6 Å². The highest BCUT2D eigenvalue weighted by atomic mass is 19.4. The summed E-state index contributed by atoms with van der Waals surface area (Å²) in [6.45, 7) is 0.960. The number of rotatable bonds is 5. The molecule has 1 saturated carbocycles. The maximum absolute atomic E-state index is 12.5. The molecule has 0 aliphatic heterocycles. The summed E-state index contributed by atoms with van der Waals surface area (Å²) in [7, 11) is 0. The molecule has 19 heavy (non-hydrogen) atoms. The van der Waals surface area contributed by atoms with Crippen LogP contribution in [0.25, 0.3) is 0 Å². The van der Waals surface area contributed by atoms with Crippen LogP contribution in [0.3, 0.4) is 0 Å². The summed E-state index contributed by atoms with van der Waals surface area (Å²) in [6, 6.07) is 0.0933. The molecule has 0 aromatic heterocycles. The fraction of sp³-hybridized carbons (Fsp3) is 0.923. The van der Waals surface area contributed by atoms with E-state index in [4.69, 9.17) is 5.73 Å². The van der Waals surface area contributed by atoms with Crippen molar-refractivity contribution in [3.05, 3.63) is 0 Å². The van der Waals surface area contributed by atoms with E-state index in [1.165, 1.54) is 0 Å². The van der Waals surface area contributed by atoms with E-state index < -0.39 is 12.7 Å². The number of nitrogens with zero attached hydrogens (tertiary/aromatic N) is 1. The zero-order valence-electron chi connectivity index (χ0n) is 11.4. The first-order valence-electron chi connectivity index (χ1n) is 6.94. The van der Waals surface area contributed by atoms with E-state index >= 15 is 0 Å². The Labute approximate surface area is 112 Å². The van der Waals surface area contributed by atoms with Crippen LogP contribution in [0, 0.1) is 5.92 Å². The minimum atomic E-state index is -4.32. The molecule has 0 radical (unpaired) electrons. The minimum absolute atomic E-state index is 0.0933. The quantitative estimate of drug-likeness (QED) is 0.841. The average molecular weight is 280 g/mol. The molecule has 0 saturated heterocycles. The SMILES string of the molecule is CCCCN(CC(F)(F)F)C(=O)C1CCC(N)CC1. The largest absolute Gasteiger partial charge is 0.406 e. The summed E-state index contributed by atoms with van der Waals surface area (Å²) in [5.74, 6) is -0.628. The lowest BCUT2D eigenvalue weighted by Crippen LogP contribution is -2.44. The van der Waals surface area contributed by atoms with Crippen LogP contribution >= 0.6 is 0 Å². The minimum Gasteiger partial charge on any atom is -0.333 e. The first-order chi connectivity index (χ1) is 8.83. The Morgan fingerprint density at radius 2 is 1.84 bits per heavy atom. The molecule has 0 aromatic rings. The van der Waals surface area contributed by atoms with E-state index in [9.17, 15) is 18.0 Å². The fourth-order valence-electron chi connectivity index (χ4n) is 2.46. The molecular formula is C13H23F3N2O. The lowest BCUT2D eigenvalue weighted by Gasteiger charge is -2.31. The molecule has 1 amide bonds. The number of carbonyl (C=O) groups is 1. The third kappa shape index (κ3) is 5.80. The smallest absolute Gasteiger partial charge is 0.333 e. The molecule has 1 rings (SSSR count). The molecule has 112 valence electrons. The van der Waals surface area contributed by atoms with Gasteiger partial charge in [-0.3, -0.25) is 4.79 Å². The van der Waals surface area contributed by atoms with Crippen LogP contribution in [-0.2, 0) is 4.79 Å². The molecule has 0 unspecified atom stereocenters. The number of hydrogen-bond acceptors (Lipinski definition) is 2. The van der Waals surface area contributed by atoms with Crippen LogP contribution in [0.15, 0.2) is 0 Å². The fourth-order valence-corrected chi connectivity index (χ4v) is 2.46. The molecule has 1 fully saturated rings. The van der Waals surface area contributed by atoms with Crippen molar-refractivity contribution in [3.63, 3.8) is 0 Å². The van der Waals surface area contributed by atoms with Crippen molar-refractivity contribution in [2.75, 3.05) is 13.1 Å². The highest BCUT2D eigenvalue weighted by Crippen LogP contribution is 2.26. The Morgan fingerprint density at radius 1 is 1.26 bits per heavy atom. The zero-order valence-corrected chi connectivity index (χ0v) is 11.4. The number of halogens is 3. The standard InChI is InChI=1S/C13H23F3N2O/c1-2-3-8-18(9-13(14,15)16)12(19)10-4-6-11(17)7-5-10/h10-11H,2-9,17H2,1H3. The van der Waals surface area contributed by atoms with E-state index in [-0.39, 0.29) is 24.4 Å². The van der Waals surface area contributed by atoms with Gasteiger partial charge in [-0.15, -0.1) is 0 Å². The molecule has 6 heteroatoms. The van der Waals surface area contributed by atoms with E-state index in [0.29, 0.717) is 19.3 Å². The van der Waals surface area contributed by atoms with E-state index in [0.717, 1.165) is 24.2 Å². The second kappa shape index (κ2) is 7.12. The van der Waals surface area contributed by atoms with E-state index in [1.54, 1.807) is 0 Å². The van der Waals surface area contributed by atoms with Gasteiger partial charge in [0.2, 0.25) is 5.91 Å². The lowest BCUT2D eigenvalue weighted by molar-refractivity contribution is -0.164. The molecular weight excluding hydrogens is 257 g/mol. The molecule has 1 aliphatic carbocycles. The van der Waals surface area contributed by atoms with E-state index in [1.807, 2.05) is 6.92 Å². The molecule has 3 nitrogen and oxygen atoms in total. The van der Waals surface area contributed by atoms with Gasteiger partial charge >= 0.3 is 6.18 Å². The van der Waals surface area contributed by atoms with Gasteiger partial charge in [0.05, 0.1) is 0 Å². The predicted molar refractivity (Wildman–Crippen MR) is 67.5 cm³/mol. The van der Waals surface area contributed by atoms with Gasteiger partial charge in [-0.2, -0.15) is 13.2 Å². The Morgan fingerprint density at radius 3 is 2.32 bits per heavy atom. The number of amides is 1. The molecule has 0 spiro atoms. The van der Waals surface area contributed by atoms with Crippen molar-refractivity contribution in [2.45, 2.75) is 57.7 Å². The Kier molecular flexibility index (Phi) is 6.10. The normalized spacial score (nSPS) is 24.3. The van der Waals surface area contributed by atoms with Crippen LogP contribution < -0.4 is 5.73 Å². The van der Waals surface area contributed by atoms with Crippen molar-refractivity contribution in [1.82, 2.24) is 4.90 Å². The molecule has 0 heterocycles. The van der Waals surface area contributed by atoms with Crippen LogP contribution in [0.4, 0.5) is 13.2 Å². The van der Waals surface area contributed by atoms with Gasteiger partial charge in [-0.25, -0.2) is 0 Å². The molecule has 0 atom stereocenters. The van der Waals surface area contributed by atoms with Crippen molar-refractivity contribution in [1.29, 1.82) is 0 Å². The van der Waals surface area contributed by atoms with Crippen LogP contribution in [0.1, 0.15) is 45.4 Å². The topological polar surface area (TPSA) is 46.3 Å². The van der Waals surface area contributed by atoms with Crippen LogP contribution in [-0.4, -0.2) is 36.1 Å². The number of nitrogens with two attached hydrogens (primary N) is 1. The summed E-state index contributed by atoms with van der Waals surface area (Å²) in [4.78, 5) is 13.2. The van der Waals surface area contributed by atoms with Gasteiger partial charge in [0.1, 0.15) is 6.54 Å². The summed E-state index contributed by atoms with van der Waals surface area (Å²) < 4.78 is 37.5. The Hall–Kier alpha value is -0.780. The Balaban J connectivity index is 2.59. The number of unbranched alkanes of at least 4 members (excludes halogenated alkanes) is 1. The van der Waals surface area contributed by atoms with E-state index in [2.05, 4.69) is 0 Å². The first-order valence-corrected chi connectivity index (χ1v) is 6.94. The summed E-state index contributed by atoms with van der Waals surface area (Å²) in [6.07, 6.45) is -0.269. The number of hydrogen-bond donors (Lipinski definition) is 1. The van der Waals surface area contributed by atoms with Crippen molar-refractivity contribution >= 4 is 5.91 Å². The number of carbonyl (C=O) groups excluding carboxylic acids is 1. The summed E-state index contributed by atoms with van der Waals surface area (Å²) >= 11 is 0. The maximum atomic E-state index is 12.5. The third-order valence-electron chi connectivity index (χ3n) is 3.58. The highest BCUT2D eigenvalue weighted by Gasteiger charge is 2.35. The molecule has 1 aliphatic rings. The second-order valence-electron chi connectivity index (χ2n) is 5.34. The molecule has 2 N–H and O–H groups in total. The third-order valence-corrected chi connectivity index (χ3v) is 3.58. The maximum Gasteiger partial charge on any atom is 0.406 e. The van der Waals surface area contributed by atoms with Gasteiger partial charge in [0, 0.05) is 18.5 Å². The Bertz CT molecular complexity index is 286. The highest BCUT2D eigenvalue weighted by molar-refractivity contribution is 5.79.